The lowest BCUT2D eigenvalue weighted by atomic mass is 10.1. The summed E-state index contributed by atoms with van der Waals surface area (Å²) in [5.74, 6) is 0.763. The molecule has 3 heterocycles. The molecule has 0 aromatic carbocycles. The van der Waals surface area contributed by atoms with E-state index >= 15 is 0 Å². The van der Waals surface area contributed by atoms with Gasteiger partial charge >= 0.3 is 5.97 Å². The molecule has 0 saturated carbocycles. The van der Waals surface area contributed by atoms with Crippen molar-refractivity contribution >= 4 is 23.5 Å². The lowest BCUT2D eigenvalue weighted by molar-refractivity contribution is 0.0599. The van der Waals surface area contributed by atoms with E-state index in [1.54, 1.807) is 13.8 Å². The van der Waals surface area contributed by atoms with E-state index in [4.69, 9.17) is 4.74 Å². The zero-order valence-electron chi connectivity index (χ0n) is 14.7. The number of ketones is 1. The summed E-state index contributed by atoms with van der Waals surface area (Å²) in [7, 11) is 1.34. The van der Waals surface area contributed by atoms with Crippen LogP contribution in [0.5, 0.6) is 0 Å². The van der Waals surface area contributed by atoms with Crippen molar-refractivity contribution in [3.8, 4) is 0 Å². The van der Waals surface area contributed by atoms with Crippen LogP contribution in [0, 0.1) is 13.8 Å². The third-order valence-electron chi connectivity index (χ3n) is 4.51. The van der Waals surface area contributed by atoms with Gasteiger partial charge in [-0.2, -0.15) is 0 Å². The highest BCUT2D eigenvalue weighted by Crippen LogP contribution is 2.24. The highest BCUT2D eigenvalue weighted by atomic mass is 32.2. The quantitative estimate of drug-likeness (QED) is 0.500. The minimum Gasteiger partial charge on any atom is -0.465 e. The number of aryl methyl sites for hydroxylation is 2. The van der Waals surface area contributed by atoms with Crippen LogP contribution in [0.15, 0.2) is 5.16 Å². The largest absolute Gasteiger partial charge is 0.465 e. The lowest BCUT2D eigenvalue weighted by Gasteiger charge is -2.06. The summed E-state index contributed by atoms with van der Waals surface area (Å²) >= 11 is 1.40. The Kier molecular flexibility index (Phi) is 5.27. The molecule has 0 radical (unpaired) electrons. The number of fused-ring (bicyclic) bond motifs is 1. The Morgan fingerprint density at radius 3 is 2.80 bits per heavy atom. The molecule has 7 nitrogen and oxygen atoms in total. The number of methoxy groups -OCH3 is 1. The average molecular weight is 362 g/mol. The van der Waals surface area contributed by atoms with E-state index in [1.807, 2.05) is 0 Å². The maximum Gasteiger partial charge on any atom is 0.339 e. The normalized spacial score (nSPS) is 14.0. The Balaban J connectivity index is 1.74. The number of aromatic nitrogens is 4. The molecule has 0 unspecified atom stereocenters. The van der Waals surface area contributed by atoms with Gasteiger partial charge in [0, 0.05) is 18.7 Å². The zero-order chi connectivity index (χ0) is 18.0. The second-order valence-corrected chi connectivity index (χ2v) is 7.13. The standard InChI is InChI=1S/C17H22N4O3S/c1-10-14(16(23)24-3)11(2)18-15(10)12(22)9-25-17-20-19-13-7-5-4-6-8-21(13)17/h18H,4-9H2,1-3H3. The molecule has 25 heavy (non-hydrogen) atoms. The Labute approximate surface area is 150 Å². The van der Waals surface area contributed by atoms with Crippen molar-refractivity contribution < 1.29 is 14.3 Å². The van der Waals surface area contributed by atoms with Crippen molar-refractivity contribution in [2.45, 2.75) is 51.2 Å². The van der Waals surface area contributed by atoms with Gasteiger partial charge in [0.15, 0.2) is 10.9 Å². The van der Waals surface area contributed by atoms with Crippen molar-refractivity contribution in [2.75, 3.05) is 12.9 Å². The molecular weight excluding hydrogens is 340 g/mol. The van der Waals surface area contributed by atoms with Crippen LogP contribution in [0.3, 0.4) is 0 Å². The molecule has 3 rings (SSSR count). The van der Waals surface area contributed by atoms with Gasteiger partial charge in [0.25, 0.3) is 0 Å². The highest BCUT2D eigenvalue weighted by Gasteiger charge is 2.23. The number of nitrogens with zero attached hydrogens (tertiary/aromatic N) is 3. The number of carbonyl (C=O) groups excluding carboxylic acids is 2. The molecule has 2 aromatic rings. The van der Waals surface area contributed by atoms with E-state index < -0.39 is 5.97 Å². The van der Waals surface area contributed by atoms with Crippen LogP contribution < -0.4 is 0 Å². The number of Topliss-reactive ketones (excluding diaryl/α,β-unsaturated/α-hetero) is 1. The number of esters is 1. The second kappa shape index (κ2) is 7.43. The van der Waals surface area contributed by atoms with Crippen LogP contribution in [0.4, 0.5) is 0 Å². The number of thioether (sulfide) groups is 1. The van der Waals surface area contributed by atoms with Crippen LogP contribution in [0.2, 0.25) is 0 Å². The van der Waals surface area contributed by atoms with Gasteiger partial charge in [0.1, 0.15) is 5.82 Å². The van der Waals surface area contributed by atoms with Crippen LogP contribution >= 0.6 is 11.8 Å². The van der Waals surface area contributed by atoms with Crippen LogP contribution in [-0.2, 0) is 17.7 Å². The summed E-state index contributed by atoms with van der Waals surface area (Å²) < 4.78 is 6.91. The van der Waals surface area contributed by atoms with E-state index in [9.17, 15) is 9.59 Å². The molecule has 0 fully saturated rings. The number of H-pyrrole nitrogens is 1. The molecule has 0 atom stereocenters. The second-order valence-electron chi connectivity index (χ2n) is 6.19. The SMILES string of the molecule is COC(=O)c1c(C)[nH]c(C(=O)CSc2nnc3n2CCCCC3)c1C. The summed E-state index contributed by atoms with van der Waals surface area (Å²) in [6.45, 7) is 4.43. The third kappa shape index (κ3) is 3.49. The summed E-state index contributed by atoms with van der Waals surface area (Å²) in [5, 5.41) is 9.27. The van der Waals surface area contributed by atoms with Crippen LogP contribution in [0.1, 0.15) is 57.2 Å². The molecule has 0 aliphatic carbocycles. The molecule has 0 spiro atoms. The highest BCUT2D eigenvalue weighted by molar-refractivity contribution is 7.99. The number of rotatable bonds is 5. The number of hydrogen-bond donors (Lipinski definition) is 1. The summed E-state index contributed by atoms with van der Waals surface area (Å²) in [4.78, 5) is 27.5. The van der Waals surface area contributed by atoms with Gasteiger partial charge in [-0.05, 0) is 32.3 Å². The number of hydrogen-bond acceptors (Lipinski definition) is 6. The van der Waals surface area contributed by atoms with Crippen LogP contribution in [-0.4, -0.2) is 44.4 Å². The molecule has 1 N–H and O–H groups in total. The molecular formula is C17H22N4O3S. The van der Waals surface area contributed by atoms with Crippen molar-refractivity contribution in [3.05, 3.63) is 28.3 Å². The van der Waals surface area contributed by atoms with E-state index in [-0.39, 0.29) is 11.5 Å². The molecule has 0 bridgehead atoms. The van der Waals surface area contributed by atoms with Gasteiger partial charge in [-0.15, -0.1) is 10.2 Å². The number of nitrogens with one attached hydrogen (secondary N) is 1. The summed E-state index contributed by atoms with van der Waals surface area (Å²) in [5.41, 5.74) is 2.18. The van der Waals surface area contributed by atoms with E-state index in [0.29, 0.717) is 22.5 Å². The Hall–Kier alpha value is -2.09. The van der Waals surface area contributed by atoms with Gasteiger partial charge in [-0.25, -0.2) is 4.79 Å². The van der Waals surface area contributed by atoms with Crippen LogP contribution in [0.25, 0.3) is 0 Å². The number of aromatic amines is 1. The fraction of sp³-hybridized carbons (Fsp3) is 0.529. The first-order valence-corrected chi connectivity index (χ1v) is 9.37. The van der Waals surface area contributed by atoms with Gasteiger partial charge < -0.3 is 14.3 Å². The fourth-order valence-electron chi connectivity index (χ4n) is 3.20. The predicted molar refractivity (Wildman–Crippen MR) is 94.2 cm³/mol. The van der Waals surface area contributed by atoms with Gasteiger partial charge in [-0.3, -0.25) is 4.79 Å². The third-order valence-corrected chi connectivity index (χ3v) is 5.48. The minimum atomic E-state index is -0.430. The molecule has 134 valence electrons. The van der Waals surface area contributed by atoms with Crippen molar-refractivity contribution in [3.63, 3.8) is 0 Å². The molecule has 0 saturated heterocycles. The van der Waals surface area contributed by atoms with Crippen molar-refractivity contribution in [1.29, 1.82) is 0 Å². The van der Waals surface area contributed by atoms with E-state index in [2.05, 4.69) is 19.7 Å². The molecule has 0 amide bonds. The maximum absolute atomic E-state index is 12.6. The Morgan fingerprint density at radius 1 is 1.24 bits per heavy atom. The predicted octanol–water partition coefficient (Wildman–Crippen LogP) is 2.71. The van der Waals surface area contributed by atoms with Gasteiger partial charge in [-0.1, -0.05) is 18.2 Å². The zero-order valence-corrected chi connectivity index (χ0v) is 15.5. The lowest BCUT2D eigenvalue weighted by Crippen LogP contribution is -2.08. The maximum atomic E-state index is 12.6. The fourth-order valence-corrected chi connectivity index (χ4v) is 4.06. The summed E-state index contributed by atoms with van der Waals surface area (Å²) in [6, 6.07) is 0. The van der Waals surface area contributed by atoms with Gasteiger partial charge in [0.2, 0.25) is 0 Å². The van der Waals surface area contributed by atoms with Crippen molar-refractivity contribution in [2.24, 2.45) is 0 Å². The first-order chi connectivity index (χ1) is 12.0. The molecule has 1 aliphatic rings. The molecule has 2 aromatic heterocycles. The topological polar surface area (TPSA) is 89.9 Å². The minimum absolute atomic E-state index is 0.0632. The number of ether oxygens (including phenoxy) is 1. The van der Waals surface area contributed by atoms with E-state index in [1.165, 1.54) is 25.3 Å². The Bertz CT molecular complexity index is 809. The number of carbonyl (C=O) groups is 2. The van der Waals surface area contributed by atoms with Crippen molar-refractivity contribution in [1.82, 2.24) is 19.7 Å². The monoisotopic (exact) mass is 362 g/mol. The summed E-state index contributed by atoms with van der Waals surface area (Å²) in [6.07, 6.45) is 4.39. The average Bonchev–Trinajstić information content (AvgIpc) is 3.02. The molecule has 1 aliphatic heterocycles. The smallest absolute Gasteiger partial charge is 0.339 e. The van der Waals surface area contributed by atoms with E-state index in [0.717, 1.165) is 36.8 Å². The van der Waals surface area contributed by atoms with Gasteiger partial charge in [0.05, 0.1) is 24.1 Å². The first-order valence-electron chi connectivity index (χ1n) is 8.38. The first kappa shape index (κ1) is 17.7. The Morgan fingerprint density at radius 2 is 2.04 bits per heavy atom. The molecule has 8 heteroatoms.